The molecule has 1 aliphatic heterocycles. The minimum absolute atomic E-state index is 0.393. The summed E-state index contributed by atoms with van der Waals surface area (Å²) in [7, 11) is 0. The lowest BCUT2D eigenvalue weighted by molar-refractivity contribution is -0.000607. The van der Waals surface area contributed by atoms with Gasteiger partial charge < -0.3 is 9.84 Å². The zero-order valence-electron chi connectivity index (χ0n) is 7.08. The highest BCUT2D eigenvalue weighted by Gasteiger charge is 2.27. The topological polar surface area (TPSA) is 29.5 Å². The Morgan fingerprint density at radius 3 is 3.00 bits per heavy atom. The summed E-state index contributed by atoms with van der Waals surface area (Å²) in [6.07, 6.45) is 0.684. The van der Waals surface area contributed by atoms with Crippen molar-refractivity contribution in [1.29, 1.82) is 0 Å². The Hall–Kier alpha value is -1.02. The van der Waals surface area contributed by atoms with Gasteiger partial charge in [0.15, 0.2) is 0 Å². The molecule has 0 spiro atoms. The molecule has 1 heterocycles. The first-order valence-corrected chi connectivity index (χ1v) is 4.10. The van der Waals surface area contributed by atoms with Gasteiger partial charge >= 0.3 is 0 Å². The summed E-state index contributed by atoms with van der Waals surface area (Å²) in [6.45, 7) is 2.19. The number of fused-ring (bicyclic) bond motifs is 1. The van der Waals surface area contributed by atoms with Crippen LogP contribution in [0.25, 0.3) is 0 Å². The fourth-order valence-electron chi connectivity index (χ4n) is 1.49. The van der Waals surface area contributed by atoms with Gasteiger partial charge in [-0.15, -0.1) is 0 Å². The van der Waals surface area contributed by atoms with Crippen LogP contribution in [0.4, 0.5) is 0 Å². The van der Waals surface area contributed by atoms with Gasteiger partial charge in [0.05, 0.1) is 5.60 Å². The predicted molar refractivity (Wildman–Crippen MR) is 46.3 cm³/mol. The molecule has 0 saturated carbocycles. The Labute approximate surface area is 71.8 Å². The predicted octanol–water partition coefficient (Wildman–Crippen LogP) is 1.37. The molecular weight excluding hydrogens is 152 g/mol. The van der Waals surface area contributed by atoms with Crippen LogP contribution < -0.4 is 4.74 Å². The van der Waals surface area contributed by atoms with Crippen LogP contribution in [-0.4, -0.2) is 17.3 Å². The highest BCUT2D eigenvalue weighted by Crippen LogP contribution is 2.28. The first kappa shape index (κ1) is 7.62. The van der Waals surface area contributed by atoms with Crippen molar-refractivity contribution >= 4 is 0 Å². The Morgan fingerprint density at radius 1 is 1.42 bits per heavy atom. The van der Waals surface area contributed by atoms with E-state index < -0.39 is 5.60 Å². The van der Waals surface area contributed by atoms with Crippen LogP contribution >= 0.6 is 0 Å². The van der Waals surface area contributed by atoms with Gasteiger partial charge in [-0.05, 0) is 18.6 Å². The van der Waals surface area contributed by atoms with E-state index in [0.717, 1.165) is 11.3 Å². The van der Waals surface area contributed by atoms with E-state index in [1.54, 1.807) is 6.92 Å². The average Bonchev–Trinajstić information content (AvgIpc) is 2.02. The largest absolute Gasteiger partial charge is 0.490 e. The van der Waals surface area contributed by atoms with Gasteiger partial charge in [-0.3, -0.25) is 0 Å². The van der Waals surface area contributed by atoms with E-state index in [1.807, 2.05) is 24.3 Å². The van der Waals surface area contributed by atoms with Gasteiger partial charge in [-0.2, -0.15) is 0 Å². The summed E-state index contributed by atoms with van der Waals surface area (Å²) in [5.74, 6) is 0.907. The van der Waals surface area contributed by atoms with Crippen LogP contribution in [0.3, 0.4) is 0 Å². The van der Waals surface area contributed by atoms with E-state index in [4.69, 9.17) is 4.74 Å². The third-order valence-corrected chi connectivity index (χ3v) is 2.08. The number of para-hydroxylation sites is 1. The third kappa shape index (κ3) is 1.30. The van der Waals surface area contributed by atoms with Crippen molar-refractivity contribution in [3.8, 4) is 5.75 Å². The lowest BCUT2D eigenvalue weighted by Gasteiger charge is -2.29. The van der Waals surface area contributed by atoms with Crippen LogP contribution in [0, 0.1) is 0 Å². The number of aliphatic hydroxyl groups is 1. The third-order valence-electron chi connectivity index (χ3n) is 2.08. The second kappa shape index (κ2) is 2.49. The molecule has 1 aromatic carbocycles. The van der Waals surface area contributed by atoms with E-state index in [-0.39, 0.29) is 0 Å². The van der Waals surface area contributed by atoms with Crippen LogP contribution in [0.1, 0.15) is 12.5 Å². The average molecular weight is 164 g/mol. The maximum Gasteiger partial charge on any atom is 0.122 e. The molecule has 0 fully saturated rings. The van der Waals surface area contributed by atoms with Crippen molar-refractivity contribution < 1.29 is 9.84 Å². The summed E-state index contributed by atoms with van der Waals surface area (Å²) in [5.41, 5.74) is 0.391. The first-order chi connectivity index (χ1) is 5.67. The van der Waals surface area contributed by atoms with Crippen molar-refractivity contribution in [2.75, 3.05) is 6.61 Å². The Bertz CT molecular complexity index is 292. The van der Waals surface area contributed by atoms with Crippen molar-refractivity contribution in [3.63, 3.8) is 0 Å². The molecule has 0 aliphatic carbocycles. The summed E-state index contributed by atoms with van der Waals surface area (Å²) < 4.78 is 5.39. The lowest BCUT2D eigenvalue weighted by atomic mass is 9.94. The lowest BCUT2D eigenvalue weighted by Crippen LogP contribution is -2.38. The maximum atomic E-state index is 9.70. The van der Waals surface area contributed by atoms with Gasteiger partial charge in [0.1, 0.15) is 12.4 Å². The van der Waals surface area contributed by atoms with E-state index in [9.17, 15) is 5.11 Å². The van der Waals surface area contributed by atoms with Crippen LogP contribution in [0.5, 0.6) is 5.75 Å². The van der Waals surface area contributed by atoms with Gasteiger partial charge in [0, 0.05) is 6.42 Å². The SMILES string of the molecule is C[C@]1(O)COc2ccccc2C1. The van der Waals surface area contributed by atoms with Crippen LogP contribution in [0.2, 0.25) is 0 Å². The number of hydrogen-bond donors (Lipinski definition) is 1. The van der Waals surface area contributed by atoms with Gasteiger partial charge in [0.2, 0.25) is 0 Å². The van der Waals surface area contributed by atoms with Crippen molar-refractivity contribution in [3.05, 3.63) is 29.8 Å². The number of rotatable bonds is 0. The highest BCUT2D eigenvalue weighted by molar-refractivity contribution is 5.36. The number of benzene rings is 1. The molecule has 0 saturated heterocycles. The fraction of sp³-hybridized carbons (Fsp3) is 0.400. The second-order valence-electron chi connectivity index (χ2n) is 3.57. The summed E-state index contributed by atoms with van der Waals surface area (Å²) in [5, 5.41) is 9.70. The molecule has 64 valence electrons. The molecule has 0 amide bonds. The summed E-state index contributed by atoms with van der Waals surface area (Å²) >= 11 is 0. The monoisotopic (exact) mass is 164 g/mol. The standard InChI is InChI=1S/C10H12O2/c1-10(11)6-8-4-2-3-5-9(8)12-7-10/h2-5,11H,6-7H2,1H3/t10-/m1/s1. The Kier molecular flexibility index (Phi) is 1.58. The van der Waals surface area contributed by atoms with Crippen molar-refractivity contribution in [1.82, 2.24) is 0 Å². The minimum Gasteiger partial charge on any atom is -0.490 e. The fourth-order valence-corrected chi connectivity index (χ4v) is 1.49. The molecule has 2 rings (SSSR count). The quantitative estimate of drug-likeness (QED) is 0.627. The molecule has 0 bridgehead atoms. The number of ether oxygens (including phenoxy) is 1. The molecule has 1 aliphatic rings. The van der Waals surface area contributed by atoms with E-state index in [1.165, 1.54) is 0 Å². The summed E-state index contributed by atoms with van der Waals surface area (Å²) in [6, 6.07) is 7.83. The first-order valence-electron chi connectivity index (χ1n) is 4.10. The van der Waals surface area contributed by atoms with Gasteiger partial charge in [-0.1, -0.05) is 18.2 Å². The smallest absolute Gasteiger partial charge is 0.122 e. The van der Waals surface area contributed by atoms with E-state index in [2.05, 4.69) is 0 Å². The van der Waals surface area contributed by atoms with Crippen LogP contribution in [0.15, 0.2) is 24.3 Å². The Morgan fingerprint density at radius 2 is 2.17 bits per heavy atom. The minimum atomic E-state index is -0.700. The van der Waals surface area contributed by atoms with Gasteiger partial charge in [0.25, 0.3) is 0 Å². The molecule has 12 heavy (non-hydrogen) atoms. The Balaban J connectivity index is 2.35. The molecular formula is C10H12O2. The molecule has 2 heteroatoms. The highest BCUT2D eigenvalue weighted by atomic mass is 16.5. The van der Waals surface area contributed by atoms with Crippen molar-refractivity contribution in [2.45, 2.75) is 18.9 Å². The molecule has 1 aromatic rings. The van der Waals surface area contributed by atoms with E-state index >= 15 is 0 Å². The molecule has 0 aromatic heterocycles. The zero-order valence-corrected chi connectivity index (χ0v) is 7.08. The van der Waals surface area contributed by atoms with Gasteiger partial charge in [-0.25, -0.2) is 0 Å². The maximum absolute atomic E-state index is 9.70. The zero-order chi connectivity index (χ0) is 8.60. The summed E-state index contributed by atoms with van der Waals surface area (Å²) in [4.78, 5) is 0. The second-order valence-corrected chi connectivity index (χ2v) is 3.57. The molecule has 1 atom stereocenters. The normalized spacial score (nSPS) is 27.5. The van der Waals surface area contributed by atoms with Crippen LogP contribution in [-0.2, 0) is 6.42 Å². The molecule has 1 N–H and O–H groups in total. The van der Waals surface area contributed by atoms with Crippen molar-refractivity contribution in [2.24, 2.45) is 0 Å². The molecule has 0 radical (unpaired) electrons. The molecule has 0 unspecified atom stereocenters. The number of hydrogen-bond acceptors (Lipinski definition) is 2. The van der Waals surface area contributed by atoms with E-state index in [0.29, 0.717) is 13.0 Å². The molecule has 2 nitrogen and oxygen atoms in total.